The van der Waals surface area contributed by atoms with Gasteiger partial charge in [0.15, 0.2) is 0 Å². The van der Waals surface area contributed by atoms with Crippen LogP contribution in [-0.4, -0.2) is 78.1 Å². The Hall–Kier alpha value is -2.00. The zero-order valence-electron chi connectivity index (χ0n) is 17.5. The van der Waals surface area contributed by atoms with Gasteiger partial charge in [-0.15, -0.1) is 5.10 Å². The summed E-state index contributed by atoms with van der Waals surface area (Å²) in [4.78, 5) is 28.9. The smallest absolute Gasteiger partial charge is 0.231 e. The first kappa shape index (κ1) is 20.3. The van der Waals surface area contributed by atoms with Crippen LogP contribution in [-0.2, 0) is 22.7 Å². The number of fused-ring (bicyclic) bond motifs is 3. The van der Waals surface area contributed by atoms with Crippen LogP contribution in [0.5, 0.6) is 0 Å². The summed E-state index contributed by atoms with van der Waals surface area (Å²) < 4.78 is 1.97. The molecule has 5 rings (SSSR count). The molecule has 0 radical (unpaired) electrons. The standard InChI is InChI=1S/C20H32N6O3/c1-23(2)10-16-11-26(22-21-16)12-17-9-15-5-8-25(17)13-18(15)19(27)24-6-3-14(4-7-24)20(28)29/h11,14-15,17-18H,3-10,12-13H2,1-2H3,(H,28,29)/p+1/t15-,17-,18+/m1/s1. The number of carboxylic acids is 1. The summed E-state index contributed by atoms with van der Waals surface area (Å²) in [7, 11) is 4.21. The van der Waals surface area contributed by atoms with E-state index in [1.54, 1.807) is 0 Å². The van der Waals surface area contributed by atoms with E-state index >= 15 is 0 Å². The first-order valence-electron chi connectivity index (χ1n) is 10.9. The molecule has 160 valence electrons. The summed E-state index contributed by atoms with van der Waals surface area (Å²) in [6.07, 6.45) is 5.25. The van der Waals surface area contributed by atoms with Crippen molar-refractivity contribution in [2.45, 2.75) is 44.8 Å². The molecule has 1 amide bonds. The third-order valence-corrected chi connectivity index (χ3v) is 7.04. The van der Waals surface area contributed by atoms with E-state index in [0.717, 1.165) is 44.7 Å². The molecule has 5 heterocycles. The maximum Gasteiger partial charge on any atom is 0.231 e. The SMILES string of the molecule is C[NH+](C)Cc1cn(C[C@H]2C[C@H]3CC[NH+]2C[C@@H]3C(=O)N2CCC(C(=O)[O-])CC2)nn1. The quantitative estimate of drug-likeness (QED) is 0.506. The number of carbonyl (C=O) groups is 2. The molecule has 4 aliphatic rings. The van der Waals surface area contributed by atoms with Crippen LogP contribution in [0.3, 0.4) is 0 Å². The van der Waals surface area contributed by atoms with Gasteiger partial charge in [-0.2, -0.15) is 0 Å². The number of nitrogens with zero attached hydrogens (tertiary/aromatic N) is 4. The van der Waals surface area contributed by atoms with Gasteiger partial charge < -0.3 is 24.6 Å². The number of piperidine rings is 4. The predicted molar refractivity (Wildman–Crippen MR) is 102 cm³/mol. The fraction of sp³-hybridized carbons (Fsp3) is 0.800. The van der Waals surface area contributed by atoms with Gasteiger partial charge in [0.05, 0.1) is 45.8 Å². The van der Waals surface area contributed by atoms with Gasteiger partial charge in [0, 0.05) is 37.8 Å². The highest BCUT2D eigenvalue weighted by atomic mass is 16.4. The van der Waals surface area contributed by atoms with Crippen molar-refractivity contribution in [2.24, 2.45) is 17.8 Å². The molecule has 1 aromatic heterocycles. The Morgan fingerprint density at radius 2 is 2.03 bits per heavy atom. The number of likely N-dealkylation sites (tertiary alicyclic amines) is 1. The Morgan fingerprint density at radius 3 is 2.66 bits per heavy atom. The van der Waals surface area contributed by atoms with Crippen molar-refractivity contribution in [3.05, 3.63) is 11.9 Å². The number of amides is 1. The lowest BCUT2D eigenvalue weighted by molar-refractivity contribution is -0.945. The van der Waals surface area contributed by atoms with Crippen LogP contribution in [0.4, 0.5) is 0 Å². The van der Waals surface area contributed by atoms with Crippen molar-refractivity contribution >= 4 is 11.9 Å². The van der Waals surface area contributed by atoms with Gasteiger partial charge in [-0.1, -0.05) is 5.21 Å². The molecule has 1 aromatic rings. The fourth-order valence-electron chi connectivity index (χ4n) is 5.47. The van der Waals surface area contributed by atoms with Crippen molar-refractivity contribution < 1.29 is 24.5 Å². The summed E-state index contributed by atoms with van der Waals surface area (Å²) in [6.45, 7) is 4.84. The van der Waals surface area contributed by atoms with Gasteiger partial charge in [0.2, 0.25) is 5.91 Å². The molecule has 9 heteroatoms. The van der Waals surface area contributed by atoms with Crippen LogP contribution >= 0.6 is 0 Å². The van der Waals surface area contributed by atoms with Gasteiger partial charge in [-0.05, 0) is 18.8 Å². The van der Waals surface area contributed by atoms with Crippen LogP contribution < -0.4 is 14.9 Å². The van der Waals surface area contributed by atoms with E-state index in [2.05, 4.69) is 30.6 Å². The van der Waals surface area contributed by atoms with Gasteiger partial charge in [0.25, 0.3) is 0 Å². The summed E-state index contributed by atoms with van der Waals surface area (Å²) in [5.41, 5.74) is 1.02. The Morgan fingerprint density at radius 1 is 1.28 bits per heavy atom. The molecular formula is C20H33N6O3+. The van der Waals surface area contributed by atoms with E-state index in [4.69, 9.17) is 0 Å². The lowest BCUT2D eigenvalue weighted by Crippen LogP contribution is -3.20. The van der Waals surface area contributed by atoms with Crippen LogP contribution in [0.1, 0.15) is 31.4 Å². The largest absolute Gasteiger partial charge is 0.550 e. The number of hydrogen-bond donors (Lipinski definition) is 2. The number of carboxylic acid groups (broad SMARTS) is 1. The van der Waals surface area contributed by atoms with E-state index < -0.39 is 11.9 Å². The zero-order valence-corrected chi connectivity index (χ0v) is 17.5. The number of quaternary nitrogens is 2. The molecule has 29 heavy (non-hydrogen) atoms. The Bertz CT molecular complexity index is 742. The third-order valence-electron chi connectivity index (χ3n) is 7.04. The molecule has 0 aromatic carbocycles. The summed E-state index contributed by atoms with van der Waals surface area (Å²) in [6, 6.07) is 0.489. The average Bonchev–Trinajstić information content (AvgIpc) is 3.14. The molecule has 1 unspecified atom stereocenters. The molecule has 9 nitrogen and oxygen atoms in total. The highest BCUT2D eigenvalue weighted by Crippen LogP contribution is 2.30. The van der Waals surface area contributed by atoms with Crippen LogP contribution in [0.15, 0.2) is 6.20 Å². The maximum absolute atomic E-state index is 13.1. The number of rotatable bonds is 6. The second-order valence-corrected chi connectivity index (χ2v) is 9.43. The average molecular weight is 406 g/mol. The van der Waals surface area contributed by atoms with E-state index in [-0.39, 0.29) is 11.8 Å². The molecule has 4 saturated heterocycles. The van der Waals surface area contributed by atoms with Crippen molar-refractivity contribution in [3.63, 3.8) is 0 Å². The maximum atomic E-state index is 13.1. The van der Waals surface area contributed by atoms with Crippen molar-refractivity contribution in [3.8, 4) is 0 Å². The third kappa shape index (κ3) is 4.45. The highest BCUT2D eigenvalue weighted by molar-refractivity contribution is 5.80. The number of aliphatic carboxylic acids is 1. The van der Waals surface area contributed by atoms with E-state index in [1.807, 2.05) is 9.58 Å². The van der Waals surface area contributed by atoms with Crippen molar-refractivity contribution in [1.82, 2.24) is 19.9 Å². The van der Waals surface area contributed by atoms with Crippen LogP contribution in [0.2, 0.25) is 0 Å². The van der Waals surface area contributed by atoms with E-state index in [9.17, 15) is 14.7 Å². The Labute approximate surface area is 171 Å². The first-order valence-corrected chi connectivity index (χ1v) is 10.9. The van der Waals surface area contributed by atoms with Crippen LogP contribution in [0.25, 0.3) is 0 Å². The Kier molecular flexibility index (Phi) is 5.87. The number of carbonyl (C=O) groups excluding carboxylic acids is 2. The minimum atomic E-state index is -0.976. The molecule has 4 fully saturated rings. The number of aromatic nitrogens is 3. The van der Waals surface area contributed by atoms with Gasteiger partial charge in [0.1, 0.15) is 18.3 Å². The molecule has 2 bridgehead atoms. The molecule has 0 saturated carbocycles. The van der Waals surface area contributed by atoms with E-state index in [0.29, 0.717) is 37.9 Å². The van der Waals surface area contributed by atoms with Gasteiger partial charge in [-0.25, -0.2) is 4.68 Å². The Balaban J connectivity index is 1.32. The second-order valence-electron chi connectivity index (χ2n) is 9.43. The first-order chi connectivity index (χ1) is 13.9. The van der Waals surface area contributed by atoms with Gasteiger partial charge >= 0.3 is 0 Å². The van der Waals surface area contributed by atoms with Crippen molar-refractivity contribution in [2.75, 3.05) is 40.3 Å². The van der Waals surface area contributed by atoms with E-state index in [1.165, 1.54) is 9.80 Å². The summed E-state index contributed by atoms with van der Waals surface area (Å²) in [5, 5.41) is 19.6. The molecule has 2 N–H and O–H groups in total. The number of nitrogens with one attached hydrogen (secondary N) is 2. The minimum Gasteiger partial charge on any atom is -0.550 e. The molecule has 4 aliphatic heterocycles. The van der Waals surface area contributed by atoms with Crippen molar-refractivity contribution in [1.29, 1.82) is 0 Å². The monoisotopic (exact) mass is 405 g/mol. The van der Waals surface area contributed by atoms with Crippen LogP contribution in [0, 0.1) is 17.8 Å². The fourth-order valence-corrected chi connectivity index (χ4v) is 5.47. The highest BCUT2D eigenvalue weighted by Gasteiger charge is 2.48. The topological polar surface area (TPSA) is 100 Å². The molecule has 0 aliphatic carbocycles. The number of hydrogen-bond acceptors (Lipinski definition) is 5. The summed E-state index contributed by atoms with van der Waals surface area (Å²) in [5.74, 6) is -0.631. The lowest BCUT2D eigenvalue weighted by Gasteiger charge is -2.47. The molecule has 4 atom stereocenters. The predicted octanol–water partition coefficient (Wildman–Crippen LogP) is -3.80. The minimum absolute atomic E-state index is 0.0816. The summed E-state index contributed by atoms with van der Waals surface area (Å²) >= 11 is 0. The second kappa shape index (κ2) is 8.39. The lowest BCUT2D eigenvalue weighted by atomic mass is 9.74. The normalized spacial score (nSPS) is 30.1. The zero-order chi connectivity index (χ0) is 20.5. The van der Waals surface area contributed by atoms with Gasteiger partial charge in [-0.3, -0.25) is 4.79 Å². The molecule has 0 spiro atoms. The molecular weight excluding hydrogens is 372 g/mol.